The zero-order chi connectivity index (χ0) is 21.5. The molecule has 0 atom stereocenters. The Morgan fingerprint density at radius 3 is 2.32 bits per heavy atom. The lowest BCUT2D eigenvalue weighted by atomic mass is 10.1. The van der Waals surface area contributed by atoms with Crippen molar-refractivity contribution in [2.45, 2.75) is 0 Å². The van der Waals surface area contributed by atoms with Gasteiger partial charge in [-0.3, -0.25) is 5.43 Å². The maximum Gasteiger partial charge on any atom is 0.191 e. The van der Waals surface area contributed by atoms with Crippen LogP contribution in [0.1, 0.15) is 5.56 Å². The first-order valence-electron chi connectivity index (χ1n) is 9.67. The quantitative estimate of drug-likeness (QED) is 0.261. The van der Waals surface area contributed by atoms with Crippen LogP contribution in [0, 0.1) is 0 Å². The van der Waals surface area contributed by atoms with Crippen LogP contribution in [0.5, 0.6) is 5.75 Å². The molecule has 31 heavy (non-hydrogen) atoms. The van der Waals surface area contributed by atoms with Crippen LogP contribution in [-0.4, -0.2) is 28.2 Å². The SMILES string of the molecule is COc1ccc(-c2nn(-c3ccccc3)cc2/C=N\NC(=S)Nc2ccccc2)cc1. The Labute approximate surface area is 186 Å². The van der Waals surface area contributed by atoms with Crippen molar-refractivity contribution in [3.8, 4) is 22.7 Å². The predicted octanol–water partition coefficient (Wildman–Crippen LogP) is 4.87. The predicted molar refractivity (Wildman–Crippen MR) is 129 cm³/mol. The van der Waals surface area contributed by atoms with E-state index in [1.807, 2.05) is 95.8 Å². The number of ether oxygens (including phenoxy) is 1. The van der Waals surface area contributed by atoms with E-state index in [1.165, 1.54) is 0 Å². The Morgan fingerprint density at radius 1 is 0.968 bits per heavy atom. The minimum atomic E-state index is 0.406. The first kappa shape index (κ1) is 20.3. The van der Waals surface area contributed by atoms with E-state index in [1.54, 1.807) is 13.3 Å². The van der Waals surface area contributed by atoms with Crippen LogP contribution in [-0.2, 0) is 0 Å². The van der Waals surface area contributed by atoms with Gasteiger partial charge in [-0.05, 0) is 60.7 Å². The molecule has 0 spiro atoms. The number of nitrogens with zero attached hydrogens (tertiary/aromatic N) is 3. The van der Waals surface area contributed by atoms with Crippen molar-refractivity contribution in [1.82, 2.24) is 15.2 Å². The second kappa shape index (κ2) is 9.69. The van der Waals surface area contributed by atoms with Crippen molar-refractivity contribution in [3.05, 3.63) is 96.7 Å². The van der Waals surface area contributed by atoms with Gasteiger partial charge in [-0.1, -0.05) is 36.4 Å². The fourth-order valence-corrected chi connectivity index (χ4v) is 3.18. The standard InChI is InChI=1S/C24H21N5OS/c1-30-22-14-12-18(13-15-22)23-19(17-29(28-23)21-10-6-3-7-11-21)16-25-27-24(31)26-20-8-4-2-5-9-20/h2-17H,1H3,(H2,26,27,31)/b25-16-. The van der Waals surface area contributed by atoms with Gasteiger partial charge < -0.3 is 10.1 Å². The van der Waals surface area contributed by atoms with Gasteiger partial charge in [0.1, 0.15) is 11.4 Å². The monoisotopic (exact) mass is 427 g/mol. The summed E-state index contributed by atoms with van der Waals surface area (Å²) < 4.78 is 7.10. The van der Waals surface area contributed by atoms with Crippen LogP contribution in [0.2, 0.25) is 0 Å². The molecule has 0 fully saturated rings. The third-order valence-electron chi connectivity index (χ3n) is 4.53. The highest BCUT2D eigenvalue weighted by molar-refractivity contribution is 7.80. The van der Waals surface area contributed by atoms with Crippen LogP contribution in [0.25, 0.3) is 16.9 Å². The second-order valence-electron chi connectivity index (χ2n) is 6.63. The van der Waals surface area contributed by atoms with Crippen LogP contribution < -0.4 is 15.5 Å². The molecule has 6 nitrogen and oxygen atoms in total. The normalized spacial score (nSPS) is 10.7. The molecule has 0 aliphatic rings. The zero-order valence-corrected chi connectivity index (χ0v) is 17.7. The Balaban J connectivity index is 1.58. The maximum atomic E-state index is 5.32. The molecule has 0 aliphatic carbocycles. The van der Waals surface area contributed by atoms with Gasteiger partial charge in [-0.25, -0.2) is 4.68 Å². The number of rotatable bonds is 6. The highest BCUT2D eigenvalue weighted by Crippen LogP contribution is 2.25. The number of anilines is 1. The Kier molecular flexibility index (Phi) is 6.35. The number of nitrogens with one attached hydrogen (secondary N) is 2. The summed E-state index contributed by atoms with van der Waals surface area (Å²) in [7, 11) is 1.65. The maximum absolute atomic E-state index is 5.32. The molecule has 0 saturated heterocycles. The summed E-state index contributed by atoms with van der Waals surface area (Å²) in [5.41, 5.74) is 7.33. The average Bonchev–Trinajstić information content (AvgIpc) is 3.24. The van der Waals surface area contributed by atoms with Crippen LogP contribution in [0.4, 0.5) is 5.69 Å². The molecule has 0 unspecified atom stereocenters. The number of para-hydroxylation sites is 2. The molecule has 2 N–H and O–H groups in total. The first-order chi connectivity index (χ1) is 15.2. The van der Waals surface area contributed by atoms with Crippen LogP contribution >= 0.6 is 12.2 Å². The van der Waals surface area contributed by atoms with Gasteiger partial charge in [-0.15, -0.1) is 0 Å². The highest BCUT2D eigenvalue weighted by atomic mass is 32.1. The third kappa shape index (κ3) is 5.15. The van der Waals surface area contributed by atoms with Crippen molar-refractivity contribution >= 4 is 29.2 Å². The summed E-state index contributed by atoms with van der Waals surface area (Å²) in [6.07, 6.45) is 3.65. The van der Waals surface area contributed by atoms with Crippen LogP contribution in [0.15, 0.2) is 96.2 Å². The smallest absolute Gasteiger partial charge is 0.191 e. The Morgan fingerprint density at radius 2 is 1.65 bits per heavy atom. The molecule has 1 aromatic heterocycles. The molecule has 1 heterocycles. The first-order valence-corrected chi connectivity index (χ1v) is 10.1. The van der Waals surface area contributed by atoms with Gasteiger partial charge in [-0.2, -0.15) is 10.2 Å². The van der Waals surface area contributed by atoms with Gasteiger partial charge in [0.2, 0.25) is 0 Å². The Bertz CT molecular complexity index is 1170. The molecular weight excluding hydrogens is 406 g/mol. The van der Waals surface area contributed by atoms with Gasteiger partial charge in [0.15, 0.2) is 5.11 Å². The van der Waals surface area contributed by atoms with Crippen molar-refractivity contribution in [3.63, 3.8) is 0 Å². The van der Waals surface area contributed by atoms with Crippen molar-refractivity contribution in [2.75, 3.05) is 12.4 Å². The van der Waals surface area contributed by atoms with Crippen molar-refractivity contribution < 1.29 is 4.74 Å². The molecule has 0 aliphatic heterocycles. The fourth-order valence-electron chi connectivity index (χ4n) is 3.01. The summed E-state index contributed by atoms with van der Waals surface area (Å²) >= 11 is 5.32. The molecule has 4 aromatic rings. The van der Waals surface area contributed by atoms with E-state index >= 15 is 0 Å². The Hall–Kier alpha value is -3.97. The molecule has 7 heteroatoms. The minimum absolute atomic E-state index is 0.406. The molecule has 0 amide bonds. The van der Waals surface area contributed by atoms with E-state index in [4.69, 9.17) is 22.1 Å². The van der Waals surface area contributed by atoms with E-state index in [0.29, 0.717) is 5.11 Å². The fraction of sp³-hybridized carbons (Fsp3) is 0.0417. The highest BCUT2D eigenvalue weighted by Gasteiger charge is 2.11. The number of hydrazone groups is 1. The van der Waals surface area contributed by atoms with E-state index in [9.17, 15) is 0 Å². The van der Waals surface area contributed by atoms with Crippen LogP contribution in [0.3, 0.4) is 0 Å². The number of aromatic nitrogens is 2. The van der Waals surface area contributed by atoms with Crippen molar-refractivity contribution in [2.24, 2.45) is 5.10 Å². The molecule has 3 aromatic carbocycles. The third-order valence-corrected chi connectivity index (χ3v) is 4.72. The molecule has 0 bridgehead atoms. The van der Waals surface area contributed by atoms with E-state index in [0.717, 1.165) is 33.9 Å². The lowest BCUT2D eigenvalue weighted by Crippen LogP contribution is -2.23. The largest absolute Gasteiger partial charge is 0.497 e. The molecule has 0 saturated carbocycles. The number of benzene rings is 3. The molecule has 0 radical (unpaired) electrons. The summed E-state index contributed by atoms with van der Waals surface area (Å²) in [6, 6.07) is 27.4. The lowest BCUT2D eigenvalue weighted by Gasteiger charge is -2.06. The number of methoxy groups -OCH3 is 1. The lowest BCUT2D eigenvalue weighted by molar-refractivity contribution is 0.415. The average molecular weight is 428 g/mol. The molecule has 154 valence electrons. The van der Waals surface area contributed by atoms with E-state index in [2.05, 4.69) is 15.8 Å². The number of thiocarbonyl (C=S) groups is 1. The summed E-state index contributed by atoms with van der Waals surface area (Å²) in [5.74, 6) is 0.792. The van der Waals surface area contributed by atoms with E-state index in [-0.39, 0.29) is 0 Å². The summed E-state index contributed by atoms with van der Waals surface area (Å²) in [6.45, 7) is 0. The molecule has 4 rings (SSSR count). The number of hydrogen-bond donors (Lipinski definition) is 2. The molecular formula is C24H21N5OS. The van der Waals surface area contributed by atoms with E-state index < -0.39 is 0 Å². The zero-order valence-electron chi connectivity index (χ0n) is 16.9. The summed E-state index contributed by atoms with van der Waals surface area (Å²) in [4.78, 5) is 0. The van der Waals surface area contributed by atoms with Gasteiger partial charge >= 0.3 is 0 Å². The van der Waals surface area contributed by atoms with Crippen molar-refractivity contribution in [1.29, 1.82) is 0 Å². The minimum Gasteiger partial charge on any atom is -0.497 e. The second-order valence-corrected chi connectivity index (χ2v) is 7.04. The topological polar surface area (TPSA) is 63.5 Å². The van der Waals surface area contributed by atoms with Gasteiger partial charge in [0, 0.05) is 23.0 Å². The summed E-state index contributed by atoms with van der Waals surface area (Å²) in [5, 5.41) is 12.6. The number of hydrogen-bond acceptors (Lipinski definition) is 4. The van der Waals surface area contributed by atoms with Gasteiger partial charge in [0.05, 0.1) is 19.0 Å². The van der Waals surface area contributed by atoms with Gasteiger partial charge in [0.25, 0.3) is 0 Å².